The molecule has 0 spiro atoms. The van der Waals surface area contributed by atoms with Gasteiger partial charge in [-0.05, 0) is 87.0 Å². The molecule has 0 unspecified atom stereocenters. The molecule has 0 saturated heterocycles. The zero-order valence-corrected chi connectivity index (χ0v) is 27.9. The molecule has 43 heavy (non-hydrogen) atoms. The minimum Gasteiger partial charge on any atom is -0.492 e. The summed E-state index contributed by atoms with van der Waals surface area (Å²) in [6.45, 7) is 3.43. The van der Waals surface area contributed by atoms with Gasteiger partial charge in [0, 0.05) is 22.0 Å². The van der Waals surface area contributed by atoms with Gasteiger partial charge in [0.25, 0.3) is 10.0 Å². The monoisotopic (exact) mass is 687 g/mol. The molecular weight excluding hydrogens is 650 g/mol. The van der Waals surface area contributed by atoms with Crippen molar-refractivity contribution in [1.29, 1.82) is 0 Å². The number of rotatable bonds is 13. The van der Waals surface area contributed by atoms with Crippen LogP contribution in [0.3, 0.4) is 0 Å². The third kappa shape index (κ3) is 8.33. The summed E-state index contributed by atoms with van der Waals surface area (Å²) in [5, 5.41) is 3.09. The number of nitrogens with one attached hydrogen (secondary N) is 1. The van der Waals surface area contributed by atoms with Crippen LogP contribution in [0.5, 0.6) is 5.75 Å². The molecule has 0 heterocycles. The minimum absolute atomic E-state index is 0.0517. The maximum absolute atomic E-state index is 14.2. The average Bonchev–Trinajstić information content (AvgIpc) is 3.52. The van der Waals surface area contributed by atoms with Crippen molar-refractivity contribution >= 4 is 55.2 Å². The molecule has 1 fully saturated rings. The zero-order chi connectivity index (χ0) is 31.0. The number of sulfonamides is 1. The van der Waals surface area contributed by atoms with E-state index < -0.39 is 28.5 Å². The van der Waals surface area contributed by atoms with Crippen molar-refractivity contribution in [2.24, 2.45) is 0 Å². The molecule has 0 aromatic heterocycles. The maximum atomic E-state index is 14.2. The molecular formula is C32H38BrN3O5S2. The first-order valence-electron chi connectivity index (χ1n) is 14.4. The molecule has 0 bridgehead atoms. The van der Waals surface area contributed by atoms with Crippen molar-refractivity contribution < 1.29 is 22.7 Å². The summed E-state index contributed by atoms with van der Waals surface area (Å²) in [4.78, 5) is 30.0. The Bertz CT molecular complexity index is 1490. The molecule has 11 heteroatoms. The Hall–Kier alpha value is -3.02. The lowest BCUT2D eigenvalue weighted by Gasteiger charge is -2.33. The van der Waals surface area contributed by atoms with E-state index in [0.29, 0.717) is 12.4 Å². The Morgan fingerprint density at radius 2 is 1.67 bits per heavy atom. The number of para-hydroxylation sites is 2. The van der Waals surface area contributed by atoms with E-state index in [1.807, 2.05) is 37.4 Å². The lowest BCUT2D eigenvalue weighted by molar-refractivity contribution is -0.139. The van der Waals surface area contributed by atoms with Gasteiger partial charge < -0.3 is 15.0 Å². The summed E-state index contributed by atoms with van der Waals surface area (Å²) in [6, 6.07) is 20.1. The van der Waals surface area contributed by atoms with Gasteiger partial charge in [-0.1, -0.05) is 53.0 Å². The number of anilines is 1. The molecule has 1 atom stereocenters. The van der Waals surface area contributed by atoms with Crippen molar-refractivity contribution in [3.8, 4) is 5.75 Å². The highest BCUT2D eigenvalue weighted by atomic mass is 79.9. The second kappa shape index (κ2) is 15.1. The van der Waals surface area contributed by atoms with Gasteiger partial charge in [-0.2, -0.15) is 0 Å². The van der Waals surface area contributed by atoms with Crippen molar-refractivity contribution in [2.45, 2.75) is 68.0 Å². The van der Waals surface area contributed by atoms with Crippen molar-refractivity contribution in [3.63, 3.8) is 0 Å². The molecule has 1 N–H and O–H groups in total. The Balaban J connectivity index is 1.72. The van der Waals surface area contributed by atoms with Gasteiger partial charge in [0.15, 0.2) is 0 Å². The fourth-order valence-corrected chi connectivity index (χ4v) is 7.19. The Morgan fingerprint density at radius 3 is 2.30 bits per heavy atom. The summed E-state index contributed by atoms with van der Waals surface area (Å²) in [5.41, 5.74) is 1.06. The molecule has 1 aliphatic carbocycles. The van der Waals surface area contributed by atoms with Crippen LogP contribution >= 0.6 is 27.7 Å². The Labute approximate surface area is 267 Å². The van der Waals surface area contributed by atoms with Gasteiger partial charge in [0.2, 0.25) is 11.8 Å². The number of nitrogens with zero attached hydrogens (tertiary/aromatic N) is 2. The SMILES string of the molecule is CCOc1ccccc1N(CC(=O)N(Cc1ccc(Br)cc1)[C@H](C)C(=O)NC1CCCC1)S(=O)(=O)c1ccc(SC)cc1. The molecule has 1 saturated carbocycles. The van der Waals surface area contributed by atoms with Crippen molar-refractivity contribution in [2.75, 3.05) is 23.7 Å². The molecule has 8 nitrogen and oxygen atoms in total. The van der Waals surface area contributed by atoms with Crippen LogP contribution in [-0.2, 0) is 26.2 Å². The van der Waals surface area contributed by atoms with Crippen LogP contribution in [0.4, 0.5) is 5.69 Å². The lowest BCUT2D eigenvalue weighted by atomic mass is 10.1. The number of halogens is 1. The smallest absolute Gasteiger partial charge is 0.264 e. The summed E-state index contributed by atoms with van der Waals surface area (Å²) in [5.74, 6) is -0.421. The number of benzene rings is 3. The number of carbonyl (C=O) groups excluding carboxylic acids is 2. The summed E-state index contributed by atoms with van der Waals surface area (Å²) >= 11 is 4.95. The van der Waals surface area contributed by atoms with E-state index in [1.165, 1.54) is 16.7 Å². The van der Waals surface area contributed by atoms with Gasteiger partial charge in [0.1, 0.15) is 18.3 Å². The molecule has 3 aromatic rings. The van der Waals surface area contributed by atoms with E-state index >= 15 is 0 Å². The number of thioether (sulfide) groups is 1. The van der Waals surface area contributed by atoms with Gasteiger partial charge in [0.05, 0.1) is 17.2 Å². The fourth-order valence-electron chi connectivity index (χ4n) is 5.09. The van der Waals surface area contributed by atoms with Crippen LogP contribution in [0.2, 0.25) is 0 Å². The van der Waals surface area contributed by atoms with Gasteiger partial charge in [-0.25, -0.2) is 8.42 Å². The van der Waals surface area contributed by atoms with E-state index in [4.69, 9.17) is 4.74 Å². The number of carbonyl (C=O) groups is 2. The first-order chi connectivity index (χ1) is 20.6. The summed E-state index contributed by atoms with van der Waals surface area (Å²) < 4.78 is 36.1. The van der Waals surface area contributed by atoms with E-state index in [1.54, 1.807) is 55.5 Å². The van der Waals surface area contributed by atoms with Crippen LogP contribution in [0.1, 0.15) is 45.1 Å². The zero-order valence-electron chi connectivity index (χ0n) is 24.7. The van der Waals surface area contributed by atoms with Crippen molar-refractivity contribution in [3.05, 3.63) is 82.8 Å². The highest BCUT2D eigenvalue weighted by Crippen LogP contribution is 2.33. The lowest BCUT2D eigenvalue weighted by Crippen LogP contribution is -2.52. The standard InChI is InChI=1S/C32H38BrN3O5S2/c1-4-41-30-12-8-7-11-29(30)36(43(39,40)28-19-17-27(42-3)18-20-28)22-31(37)35(21-24-13-15-25(33)16-14-24)23(2)32(38)34-26-9-5-6-10-26/h7-8,11-20,23,26H,4-6,9-10,21-22H2,1-3H3,(H,34,38)/t23-/m1/s1. The predicted molar refractivity (Wildman–Crippen MR) is 175 cm³/mol. The first-order valence-corrected chi connectivity index (χ1v) is 17.8. The van der Waals surface area contributed by atoms with Gasteiger partial charge in [-0.15, -0.1) is 11.8 Å². The summed E-state index contributed by atoms with van der Waals surface area (Å²) in [6.07, 6.45) is 5.86. The number of hydrogen-bond donors (Lipinski definition) is 1. The summed E-state index contributed by atoms with van der Waals surface area (Å²) in [7, 11) is -4.20. The molecule has 4 rings (SSSR count). The molecule has 1 aliphatic rings. The largest absolute Gasteiger partial charge is 0.492 e. The molecule has 230 valence electrons. The second-order valence-corrected chi connectivity index (χ2v) is 14.1. The molecule has 2 amide bonds. The fraction of sp³-hybridized carbons (Fsp3) is 0.375. The van der Waals surface area contributed by atoms with Crippen LogP contribution < -0.4 is 14.4 Å². The topological polar surface area (TPSA) is 96.0 Å². The number of ether oxygens (including phenoxy) is 1. The second-order valence-electron chi connectivity index (χ2n) is 10.4. The highest BCUT2D eigenvalue weighted by Gasteiger charge is 2.34. The van der Waals surface area contributed by atoms with Crippen LogP contribution in [0.15, 0.2) is 87.1 Å². The number of amides is 2. The third-order valence-electron chi connectivity index (χ3n) is 7.50. The van der Waals surface area contributed by atoms with Crippen molar-refractivity contribution in [1.82, 2.24) is 10.2 Å². The van der Waals surface area contributed by atoms with E-state index in [0.717, 1.165) is 44.9 Å². The quantitative estimate of drug-likeness (QED) is 0.214. The van der Waals surface area contributed by atoms with E-state index in [9.17, 15) is 18.0 Å². The Kier molecular flexibility index (Phi) is 11.6. The highest BCUT2D eigenvalue weighted by molar-refractivity contribution is 9.10. The first kappa shape index (κ1) is 32.9. The van der Waals surface area contributed by atoms with Crippen LogP contribution in [0, 0.1) is 0 Å². The molecule has 3 aromatic carbocycles. The Morgan fingerprint density at radius 1 is 1.02 bits per heavy atom. The van der Waals surface area contributed by atoms with Gasteiger partial charge in [-0.3, -0.25) is 13.9 Å². The van der Waals surface area contributed by atoms with Crippen LogP contribution in [-0.4, -0.2) is 56.6 Å². The normalized spacial score (nSPS) is 14.2. The predicted octanol–water partition coefficient (Wildman–Crippen LogP) is 6.24. The number of hydrogen-bond acceptors (Lipinski definition) is 6. The van der Waals surface area contributed by atoms with Crippen LogP contribution in [0.25, 0.3) is 0 Å². The molecule has 0 aliphatic heterocycles. The van der Waals surface area contributed by atoms with Gasteiger partial charge >= 0.3 is 0 Å². The average molecular weight is 689 g/mol. The van der Waals surface area contributed by atoms with E-state index in [2.05, 4.69) is 21.2 Å². The van der Waals surface area contributed by atoms with E-state index in [-0.39, 0.29) is 29.1 Å². The maximum Gasteiger partial charge on any atom is 0.264 e. The minimum atomic E-state index is -4.20. The third-order valence-corrected chi connectivity index (χ3v) is 10.5. The molecule has 0 radical (unpaired) electrons.